The van der Waals surface area contributed by atoms with Crippen LogP contribution in [0.1, 0.15) is 12.8 Å². The molecule has 8 heteroatoms. The number of fused-ring (bicyclic) bond motifs is 1. The second-order valence-electron chi connectivity index (χ2n) is 6.61. The van der Waals surface area contributed by atoms with E-state index in [2.05, 4.69) is 0 Å². The lowest BCUT2D eigenvalue weighted by atomic mass is 10.1. The standard InChI is InChI=1S/C19H20N2O5S/c1-20-17-10-9-16(12-18(17)26-19(20)22)27(23,24)21-11-5-8-15(13-21)25-14-6-3-2-4-7-14/h2-4,6-7,9-10,12,15H,5,8,11,13H2,1H3. The van der Waals surface area contributed by atoms with E-state index in [1.54, 1.807) is 13.1 Å². The molecule has 0 amide bonds. The number of benzene rings is 2. The van der Waals surface area contributed by atoms with Crippen molar-refractivity contribution >= 4 is 21.1 Å². The van der Waals surface area contributed by atoms with Crippen molar-refractivity contribution in [1.29, 1.82) is 0 Å². The van der Waals surface area contributed by atoms with E-state index >= 15 is 0 Å². The summed E-state index contributed by atoms with van der Waals surface area (Å²) >= 11 is 0. The molecule has 2 aromatic carbocycles. The number of aryl methyl sites for hydroxylation is 1. The third kappa shape index (κ3) is 3.38. The van der Waals surface area contributed by atoms with Gasteiger partial charge in [0.05, 0.1) is 17.0 Å². The molecule has 1 aromatic heterocycles. The van der Waals surface area contributed by atoms with Crippen LogP contribution in [-0.4, -0.2) is 36.5 Å². The van der Waals surface area contributed by atoms with Crippen LogP contribution in [0.3, 0.4) is 0 Å². The zero-order valence-electron chi connectivity index (χ0n) is 14.9. The molecule has 1 unspecified atom stereocenters. The molecule has 0 spiro atoms. The minimum Gasteiger partial charge on any atom is -0.489 e. The second-order valence-corrected chi connectivity index (χ2v) is 8.55. The van der Waals surface area contributed by atoms with Crippen molar-refractivity contribution in [3.8, 4) is 5.75 Å². The summed E-state index contributed by atoms with van der Waals surface area (Å²) in [5.41, 5.74) is 0.820. The van der Waals surface area contributed by atoms with Crippen molar-refractivity contribution in [2.24, 2.45) is 7.05 Å². The van der Waals surface area contributed by atoms with Crippen LogP contribution in [0.25, 0.3) is 11.1 Å². The molecule has 1 atom stereocenters. The van der Waals surface area contributed by atoms with Crippen LogP contribution in [0.2, 0.25) is 0 Å². The van der Waals surface area contributed by atoms with Gasteiger partial charge < -0.3 is 9.15 Å². The summed E-state index contributed by atoms with van der Waals surface area (Å²) in [6, 6.07) is 13.9. The maximum absolute atomic E-state index is 13.1. The lowest BCUT2D eigenvalue weighted by molar-refractivity contribution is 0.130. The van der Waals surface area contributed by atoms with Crippen molar-refractivity contribution in [2.45, 2.75) is 23.8 Å². The topological polar surface area (TPSA) is 81.8 Å². The SMILES string of the molecule is Cn1c(=O)oc2cc(S(=O)(=O)N3CCCC(Oc4ccccc4)C3)ccc21. The average molecular weight is 388 g/mol. The fraction of sp³-hybridized carbons (Fsp3) is 0.316. The van der Waals surface area contributed by atoms with Crippen LogP contribution >= 0.6 is 0 Å². The Morgan fingerprint density at radius 1 is 1.15 bits per heavy atom. The van der Waals surface area contributed by atoms with E-state index in [1.165, 1.54) is 21.0 Å². The summed E-state index contributed by atoms with van der Waals surface area (Å²) in [5, 5.41) is 0. The van der Waals surface area contributed by atoms with Crippen LogP contribution in [0.15, 0.2) is 62.6 Å². The van der Waals surface area contributed by atoms with Gasteiger partial charge in [-0.3, -0.25) is 4.57 Å². The molecule has 1 aliphatic heterocycles. The van der Waals surface area contributed by atoms with Gasteiger partial charge in [0.25, 0.3) is 0 Å². The normalized spacial score (nSPS) is 18.6. The van der Waals surface area contributed by atoms with Crippen LogP contribution in [0, 0.1) is 0 Å². The Balaban J connectivity index is 1.58. The van der Waals surface area contributed by atoms with Gasteiger partial charge in [-0.2, -0.15) is 4.31 Å². The third-order valence-electron chi connectivity index (χ3n) is 4.79. The molecule has 142 valence electrons. The highest BCUT2D eigenvalue weighted by Gasteiger charge is 2.31. The van der Waals surface area contributed by atoms with Crippen molar-refractivity contribution in [3.05, 3.63) is 59.1 Å². The summed E-state index contributed by atoms with van der Waals surface area (Å²) in [6.07, 6.45) is 1.32. The maximum Gasteiger partial charge on any atom is 0.419 e. The Morgan fingerprint density at radius 2 is 1.93 bits per heavy atom. The molecule has 27 heavy (non-hydrogen) atoms. The predicted molar refractivity (Wildman–Crippen MR) is 100 cm³/mol. The third-order valence-corrected chi connectivity index (χ3v) is 6.65. The zero-order chi connectivity index (χ0) is 19.0. The van der Waals surface area contributed by atoms with E-state index in [9.17, 15) is 13.2 Å². The Kier molecular flexibility index (Phi) is 4.53. The van der Waals surface area contributed by atoms with E-state index in [-0.39, 0.29) is 23.1 Å². The monoisotopic (exact) mass is 388 g/mol. The molecule has 4 rings (SSSR count). The van der Waals surface area contributed by atoms with Crippen LogP contribution in [0.4, 0.5) is 0 Å². The van der Waals surface area contributed by atoms with Gasteiger partial charge in [0.2, 0.25) is 10.0 Å². The van der Waals surface area contributed by atoms with E-state index in [0.717, 1.165) is 18.6 Å². The summed E-state index contributed by atoms with van der Waals surface area (Å²) in [6.45, 7) is 0.724. The maximum atomic E-state index is 13.1. The second kappa shape index (κ2) is 6.86. The number of piperidine rings is 1. The van der Waals surface area contributed by atoms with Gasteiger partial charge in [0.15, 0.2) is 5.58 Å². The molecule has 0 aliphatic carbocycles. The van der Waals surface area contributed by atoms with Gasteiger partial charge >= 0.3 is 5.76 Å². The fourth-order valence-corrected chi connectivity index (χ4v) is 4.86. The lowest BCUT2D eigenvalue weighted by Crippen LogP contribution is -2.44. The van der Waals surface area contributed by atoms with E-state index in [1.807, 2.05) is 30.3 Å². The molecule has 1 aliphatic rings. The molecule has 7 nitrogen and oxygen atoms in total. The molecule has 1 fully saturated rings. The molecule has 3 aromatic rings. The van der Waals surface area contributed by atoms with Crippen molar-refractivity contribution in [2.75, 3.05) is 13.1 Å². The number of oxazole rings is 1. The molecular formula is C19H20N2O5S. The Bertz CT molecular complexity index is 1120. The summed E-state index contributed by atoms with van der Waals surface area (Å²) < 4.78 is 40.0. The largest absolute Gasteiger partial charge is 0.489 e. The van der Waals surface area contributed by atoms with Crippen molar-refractivity contribution in [1.82, 2.24) is 8.87 Å². The minimum atomic E-state index is -3.70. The fourth-order valence-electron chi connectivity index (χ4n) is 3.33. The van der Waals surface area contributed by atoms with Crippen LogP contribution < -0.4 is 10.5 Å². The molecule has 0 bridgehead atoms. The van der Waals surface area contributed by atoms with Gasteiger partial charge in [0, 0.05) is 19.7 Å². The highest BCUT2D eigenvalue weighted by atomic mass is 32.2. The number of rotatable bonds is 4. The highest BCUT2D eigenvalue weighted by molar-refractivity contribution is 7.89. The molecule has 2 heterocycles. The Morgan fingerprint density at radius 3 is 2.70 bits per heavy atom. The number of ether oxygens (including phenoxy) is 1. The smallest absolute Gasteiger partial charge is 0.419 e. The van der Waals surface area contributed by atoms with Gasteiger partial charge in [-0.15, -0.1) is 0 Å². The van der Waals surface area contributed by atoms with Gasteiger partial charge in [-0.25, -0.2) is 13.2 Å². The van der Waals surface area contributed by atoms with E-state index < -0.39 is 15.8 Å². The van der Waals surface area contributed by atoms with E-state index in [0.29, 0.717) is 12.1 Å². The Labute approximate surface area is 156 Å². The first kappa shape index (κ1) is 17.8. The molecule has 1 saturated heterocycles. The number of hydrogen-bond acceptors (Lipinski definition) is 5. The number of nitrogens with zero attached hydrogens (tertiary/aromatic N) is 2. The number of hydrogen-bond donors (Lipinski definition) is 0. The minimum absolute atomic E-state index is 0.115. The number of aromatic nitrogens is 1. The Hall–Kier alpha value is -2.58. The molecule has 0 radical (unpaired) electrons. The predicted octanol–water partition coefficient (Wildman–Crippen LogP) is 2.36. The quantitative estimate of drug-likeness (QED) is 0.685. The molecular weight excluding hydrogens is 368 g/mol. The van der Waals surface area contributed by atoms with Crippen LogP contribution in [-0.2, 0) is 17.1 Å². The average Bonchev–Trinajstić information content (AvgIpc) is 2.96. The summed E-state index contributed by atoms with van der Waals surface area (Å²) in [4.78, 5) is 11.8. The first-order valence-electron chi connectivity index (χ1n) is 8.76. The van der Waals surface area contributed by atoms with E-state index in [4.69, 9.17) is 9.15 Å². The first-order chi connectivity index (χ1) is 12.9. The van der Waals surface area contributed by atoms with Gasteiger partial charge in [-0.1, -0.05) is 18.2 Å². The summed E-state index contributed by atoms with van der Waals surface area (Å²) in [7, 11) is -2.12. The first-order valence-corrected chi connectivity index (χ1v) is 10.2. The van der Waals surface area contributed by atoms with Gasteiger partial charge in [-0.05, 0) is 37.1 Å². The molecule has 0 saturated carbocycles. The number of para-hydroxylation sites is 1. The lowest BCUT2D eigenvalue weighted by Gasteiger charge is -2.32. The van der Waals surface area contributed by atoms with Gasteiger partial charge in [0.1, 0.15) is 11.9 Å². The summed E-state index contributed by atoms with van der Waals surface area (Å²) in [5.74, 6) is 0.211. The molecule has 0 N–H and O–H groups in total. The highest BCUT2D eigenvalue weighted by Crippen LogP contribution is 2.25. The van der Waals surface area contributed by atoms with Crippen molar-refractivity contribution in [3.63, 3.8) is 0 Å². The zero-order valence-corrected chi connectivity index (χ0v) is 15.7. The van der Waals surface area contributed by atoms with Crippen LogP contribution in [0.5, 0.6) is 5.75 Å². The van der Waals surface area contributed by atoms with Crippen molar-refractivity contribution < 1.29 is 17.6 Å². The number of sulfonamides is 1.